The van der Waals surface area contributed by atoms with E-state index in [2.05, 4.69) is 29.7 Å². The molecule has 2 aliphatic heterocycles. The fraction of sp³-hybridized carbons (Fsp3) is 0.692. The Labute approximate surface area is 192 Å². The zero-order valence-corrected chi connectivity index (χ0v) is 20.0. The van der Waals surface area contributed by atoms with Crippen LogP contribution in [0.2, 0.25) is 0 Å². The molecule has 3 fully saturated rings. The first kappa shape index (κ1) is 23.1. The Kier molecular flexibility index (Phi) is 7.08. The van der Waals surface area contributed by atoms with Gasteiger partial charge in [0.05, 0.1) is 7.11 Å². The van der Waals surface area contributed by atoms with Crippen LogP contribution in [0.4, 0.5) is 0 Å². The number of ether oxygens (including phenoxy) is 1. The maximum atomic E-state index is 13.2. The van der Waals surface area contributed by atoms with Crippen molar-refractivity contribution in [1.82, 2.24) is 14.7 Å². The lowest BCUT2D eigenvalue weighted by Crippen LogP contribution is -2.49. The largest absolute Gasteiger partial charge is 0.496 e. The van der Waals surface area contributed by atoms with Crippen molar-refractivity contribution in [1.29, 1.82) is 0 Å². The van der Waals surface area contributed by atoms with Crippen molar-refractivity contribution >= 4 is 11.8 Å². The predicted octanol–water partition coefficient (Wildman–Crippen LogP) is 3.40. The van der Waals surface area contributed by atoms with Crippen LogP contribution in [0.3, 0.4) is 0 Å². The van der Waals surface area contributed by atoms with Gasteiger partial charge in [0, 0.05) is 63.7 Å². The van der Waals surface area contributed by atoms with E-state index in [1.165, 1.54) is 5.56 Å². The molecule has 0 bridgehead atoms. The Balaban J connectivity index is 1.23. The fourth-order valence-corrected chi connectivity index (χ4v) is 5.44. The molecular formula is C26H39N3O3. The molecule has 3 aliphatic rings. The number of methoxy groups -OCH3 is 1. The first-order valence-corrected chi connectivity index (χ1v) is 12.4. The second-order valence-corrected chi connectivity index (χ2v) is 10.1. The van der Waals surface area contributed by atoms with Crippen molar-refractivity contribution < 1.29 is 14.3 Å². The van der Waals surface area contributed by atoms with Crippen molar-refractivity contribution in [2.75, 3.05) is 46.4 Å². The first-order valence-electron chi connectivity index (χ1n) is 12.4. The summed E-state index contributed by atoms with van der Waals surface area (Å²) in [6, 6.07) is 8.17. The number of amides is 2. The number of hydrogen-bond acceptors (Lipinski definition) is 4. The van der Waals surface area contributed by atoms with Gasteiger partial charge in [0.2, 0.25) is 11.8 Å². The summed E-state index contributed by atoms with van der Waals surface area (Å²) in [7, 11) is 1.72. The average molecular weight is 442 g/mol. The molecule has 2 saturated heterocycles. The molecule has 1 aromatic rings. The molecule has 2 atom stereocenters. The van der Waals surface area contributed by atoms with Crippen molar-refractivity contribution in [3.63, 3.8) is 0 Å². The molecule has 0 unspecified atom stereocenters. The van der Waals surface area contributed by atoms with Gasteiger partial charge in [-0.25, -0.2) is 0 Å². The van der Waals surface area contributed by atoms with Crippen molar-refractivity contribution in [3.8, 4) is 5.75 Å². The molecule has 1 aliphatic carbocycles. The summed E-state index contributed by atoms with van der Waals surface area (Å²) in [5.74, 6) is 2.20. The molecule has 4 rings (SSSR count). The van der Waals surface area contributed by atoms with Gasteiger partial charge in [-0.2, -0.15) is 0 Å². The topological polar surface area (TPSA) is 53.1 Å². The normalized spacial score (nSPS) is 23.8. The molecule has 2 heterocycles. The quantitative estimate of drug-likeness (QED) is 0.651. The Morgan fingerprint density at radius 1 is 1.06 bits per heavy atom. The molecular weight excluding hydrogens is 402 g/mol. The number of piperazine rings is 1. The number of nitrogens with zero attached hydrogens (tertiary/aromatic N) is 3. The lowest BCUT2D eigenvalue weighted by Gasteiger charge is -2.37. The zero-order chi connectivity index (χ0) is 22.7. The van der Waals surface area contributed by atoms with Crippen LogP contribution in [0.5, 0.6) is 5.75 Å². The lowest BCUT2D eigenvalue weighted by atomic mass is 9.90. The second-order valence-electron chi connectivity index (χ2n) is 10.1. The maximum Gasteiger partial charge on any atom is 0.226 e. The number of carbonyl (C=O) groups excluding carboxylic acids is 2. The summed E-state index contributed by atoms with van der Waals surface area (Å²) in [5.41, 5.74) is 1.37. The van der Waals surface area contributed by atoms with Gasteiger partial charge in [0.15, 0.2) is 0 Å². The summed E-state index contributed by atoms with van der Waals surface area (Å²) in [5, 5.41) is 0. The van der Waals surface area contributed by atoms with Gasteiger partial charge < -0.3 is 14.5 Å². The summed E-state index contributed by atoms with van der Waals surface area (Å²) < 4.78 is 5.48. The van der Waals surface area contributed by atoms with Gasteiger partial charge in [-0.05, 0) is 36.7 Å². The minimum absolute atomic E-state index is 0.165. The van der Waals surface area contributed by atoms with E-state index in [9.17, 15) is 9.59 Å². The summed E-state index contributed by atoms with van der Waals surface area (Å²) in [4.78, 5) is 32.2. The molecule has 2 amide bonds. The number of piperidine rings is 1. The molecule has 6 nitrogen and oxygen atoms in total. The highest BCUT2D eigenvalue weighted by Gasteiger charge is 2.59. The van der Waals surface area contributed by atoms with E-state index in [1.807, 2.05) is 23.1 Å². The molecule has 1 aromatic carbocycles. The fourth-order valence-electron chi connectivity index (χ4n) is 5.44. The molecule has 0 aromatic heterocycles. The van der Waals surface area contributed by atoms with E-state index in [0.29, 0.717) is 24.2 Å². The van der Waals surface area contributed by atoms with E-state index in [-0.39, 0.29) is 11.3 Å². The van der Waals surface area contributed by atoms with E-state index in [0.717, 1.165) is 77.2 Å². The van der Waals surface area contributed by atoms with Gasteiger partial charge in [-0.3, -0.25) is 14.5 Å². The van der Waals surface area contributed by atoms with E-state index in [1.54, 1.807) is 7.11 Å². The van der Waals surface area contributed by atoms with E-state index >= 15 is 0 Å². The number of carbonyl (C=O) groups is 2. The van der Waals surface area contributed by atoms with Crippen LogP contribution in [0.15, 0.2) is 24.3 Å². The first-order chi connectivity index (χ1) is 15.5. The Morgan fingerprint density at radius 3 is 2.41 bits per heavy atom. The number of likely N-dealkylation sites (tertiary alicyclic amines) is 1. The van der Waals surface area contributed by atoms with Crippen LogP contribution in [0.25, 0.3) is 0 Å². The predicted molar refractivity (Wildman–Crippen MR) is 125 cm³/mol. The number of hydrogen-bond donors (Lipinski definition) is 0. The van der Waals surface area contributed by atoms with Crippen LogP contribution < -0.4 is 4.74 Å². The van der Waals surface area contributed by atoms with Gasteiger partial charge in [-0.15, -0.1) is 0 Å². The third-order valence-electron chi connectivity index (χ3n) is 8.09. The highest BCUT2D eigenvalue weighted by Crippen LogP contribution is 2.60. The van der Waals surface area contributed by atoms with Crippen LogP contribution in [0.1, 0.15) is 51.5 Å². The number of para-hydroxylation sites is 1. The van der Waals surface area contributed by atoms with Gasteiger partial charge in [0.1, 0.15) is 5.75 Å². The van der Waals surface area contributed by atoms with Crippen molar-refractivity contribution in [2.45, 2.75) is 52.5 Å². The van der Waals surface area contributed by atoms with Crippen molar-refractivity contribution in [2.24, 2.45) is 17.3 Å². The highest BCUT2D eigenvalue weighted by molar-refractivity contribution is 5.83. The smallest absolute Gasteiger partial charge is 0.226 e. The van der Waals surface area contributed by atoms with E-state index in [4.69, 9.17) is 4.74 Å². The molecule has 1 spiro atoms. The summed E-state index contributed by atoms with van der Waals surface area (Å²) >= 11 is 0. The minimum Gasteiger partial charge on any atom is -0.496 e. The van der Waals surface area contributed by atoms with Crippen molar-refractivity contribution in [3.05, 3.63) is 29.8 Å². The highest BCUT2D eigenvalue weighted by atomic mass is 16.5. The lowest BCUT2D eigenvalue weighted by molar-refractivity contribution is -0.136. The molecule has 32 heavy (non-hydrogen) atoms. The molecule has 0 radical (unpaired) electrons. The Hall–Kier alpha value is -2.08. The van der Waals surface area contributed by atoms with E-state index < -0.39 is 0 Å². The second kappa shape index (κ2) is 9.82. The van der Waals surface area contributed by atoms with Crippen LogP contribution in [-0.4, -0.2) is 72.9 Å². The van der Waals surface area contributed by atoms with Crippen LogP contribution in [-0.2, 0) is 16.1 Å². The summed E-state index contributed by atoms with van der Waals surface area (Å²) in [6.45, 7) is 10.2. The van der Waals surface area contributed by atoms with Gasteiger partial charge >= 0.3 is 0 Å². The molecule has 0 N–H and O–H groups in total. The summed E-state index contributed by atoms with van der Waals surface area (Å²) in [6.07, 6.45) is 4.70. The maximum absolute atomic E-state index is 13.2. The zero-order valence-electron chi connectivity index (χ0n) is 20.0. The molecule has 176 valence electrons. The van der Waals surface area contributed by atoms with Gasteiger partial charge in [-0.1, -0.05) is 38.5 Å². The number of benzene rings is 1. The minimum atomic E-state index is 0.165. The van der Waals surface area contributed by atoms with Crippen LogP contribution in [0, 0.1) is 17.3 Å². The SMILES string of the molecule is CC[C@@H](C)CC(=O)N1CCC2(CC1)C[C@H]2C(=O)N1CCN(Cc2ccccc2OC)CC1. The third kappa shape index (κ3) is 4.95. The molecule has 6 heteroatoms. The molecule has 1 saturated carbocycles. The van der Waals surface area contributed by atoms with Gasteiger partial charge in [0.25, 0.3) is 0 Å². The van der Waals surface area contributed by atoms with Crippen LogP contribution >= 0.6 is 0 Å². The Morgan fingerprint density at radius 2 is 1.75 bits per heavy atom. The number of rotatable bonds is 7. The standard InChI is InChI=1S/C26H39N3O3/c1-4-20(2)17-24(30)28-11-9-26(10-12-28)18-22(26)25(31)29-15-13-27(14-16-29)19-21-7-5-6-8-23(21)32-3/h5-8,20,22H,4,9-19H2,1-3H3/t20-,22+/m1/s1. The third-order valence-corrected chi connectivity index (χ3v) is 8.09. The Bertz CT molecular complexity index is 810. The monoisotopic (exact) mass is 441 g/mol. The average Bonchev–Trinajstić information content (AvgIpc) is 3.52.